The summed E-state index contributed by atoms with van der Waals surface area (Å²) in [6.45, 7) is 1.47. The van der Waals surface area contributed by atoms with Crippen LogP contribution in [0.25, 0.3) is 11.0 Å². The van der Waals surface area contributed by atoms with E-state index in [0.717, 1.165) is 11.0 Å². The van der Waals surface area contributed by atoms with Crippen molar-refractivity contribution in [1.82, 2.24) is 9.97 Å². The van der Waals surface area contributed by atoms with Crippen molar-refractivity contribution in [3.05, 3.63) is 59.9 Å². The summed E-state index contributed by atoms with van der Waals surface area (Å²) in [5.41, 5.74) is 3.11. The Balaban J connectivity index is 1.91. The molecule has 0 fully saturated rings. The number of para-hydroxylation sites is 1. The molecule has 5 heteroatoms. The lowest BCUT2D eigenvalue weighted by molar-refractivity contribution is 0.101. The molecular weight excluding hydrogens is 266 g/mol. The molecule has 0 aliphatic rings. The van der Waals surface area contributed by atoms with Gasteiger partial charge in [0.2, 0.25) is 0 Å². The number of H-pyrrole nitrogens is 1. The molecule has 104 valence electrons. The SMILES string of the molecule is CC(=O)c1ccccc1NC(=O)c1ccc2nc[nH]c2c1. The molecule has 5 nitrogen and oxygen atoms in total. The largest absolute Gasteiger partial charge is 0.345 e. The van der Waals surface area contributed by atoms with Gasteiger partial charge < -0.3 is 10.3 Å². The third-order valence-electron chi connectivity index (χ3n) is 3.24. The minimum absolute atomic E-state index is 0.0880. The van der Waals surface area contributed by atoms with E-state index in [2.05, 4.69) is 15.3 Å². The van der Waals surface area contributed by atoms with Crippen LogP contribution in [0, 0.1) is 0 Å². The summed E-state index contributed by atoms with van der Waals surface area (Å²) >= 11 is 0. The highest BCUT2D eigenvalue weighted by atomic mass is 16.1. The fraction of sp³-hybridized carbons (Fsp3) is 0.0625. The molecule has 0 aliphatic carbocycles. The van der Waals surface area contributed by atoms with Crippen molar-refractivity contribution in [2.24, 2.45) is 0 Å². The molecular formula is C16H13N3O2. The zero-order valence-electron chi connectivity index (χ0n) is 11.4. The average molecular weight is 279 g/mol. The number of rotatable bonds is 3. The lowest BCUT2D eigenvalue weighted by atomic mass is 10.1. The van der Waals surface area contributed by atoms with E-state index in [9.17, 15) is 9.59 Å². The first kappa shape index (κ1) is 13.1. The first-order valence-corrected chi connectivity index (χ1v) is 6.49. The van der Waals surface area contributed by atoms with E-state index in [1.807, 2.05) is 0 Å². The molecule has 0 atom stereocenters. The predicted octanol–water partition coefficient (Wildman–Crippen LogP) is 3.02. The van der Waals surface area contributed by atoms with Crippen LogP contribution in [-0.2, 0) is 0 Å². The number of aromatic amines is 1. The molecule has 2 N–H and O–H groups in total. The molecule has 0 saturated carbocycles. The number of nitrogens with zero attached hydrogens (tertiary/aromatic N) is 1. The van der Waals surface area contributed by atoms with Crippen LogP contribution < -0.4 is 5.32 Å². The number of imidazole rings is 1. The van der Waals surface area contributed by atoms with Crippen molar-refractivity contribution >= 4 is 28.4 Å². The maximum Gasteiger partial charge on any atom is 0.255 e. The Labute approximate surface area is 121 Å². The molecule has 1 aromatic heterocycles. The predicted molar refractivity (Wildman–Crippen MR) is 80.5 cm³/mol. The van der Waals surface area contributed by atoms with Crippen molar-refractivity contribution in [2.45, 2.75) is 6.92 Å². The van der Waals surface area contributed by atoms with Gasteiger partial charge in [-0.3, -0.25) is 9.59 Å². The quantitative estimate of drug-likeness (QED) is 0.724. The number of amides is 1. The summed E-state index contributed by atoms with van der Waals surface area (Å²) < 4.78 is 0. The number of aromatic nitrogens is 2. The van der Waals surface area contributed by atoms with E-state index in [4.69, 9.17) is 0 Å². The maximum atomic E-state index is 12.3. The number of carbonyl (C=O) groups excluding carboxylic acids is 2. The number of hydrogen-bond donors (Lipinski definition) is 2. The number of benzene rings is 2. The van der Waals surface area contributed by atoms with Crippen LogP contribution in [0.5, 0.6) is 0 Å². The highest BCUT2D eigenvalue weighted by Crippen LogP contribution is 2.18. The van der Waals surface area contributed by atoms with Crippen molar-refractivity contribution in [2.75, 3.05) is 5.32 Å². The Hall–Kier alpha value is -2.95. The Bertz CT molecular complexity index is 836. The molecule has 0 saturated heterocycles. The summed E-state index contributed by atoms with van der Waals surface area (Å²) in [6.07, 6.45) is 1.58. The molecule has 1 heterocycles. The second-order valence-corrected chi connectivity index (χ2v) is 4.69. The number of nitrogens with one attached hydrogen (secondary N) is 2. The van der Waals surface area contributed by atoms with Gasteiger partial charge in [-0.15, -0.1) is 0 Å². The number of Topliss-reactive ketones (excluding diaryl/α,β-unsaturated/α-hetero) is 1. The number of carbonyl (C=O) groups is 2. The molecule has 0 spiro atoms. The smallest absolute Gasteiger partial charge is 0.255 e. The lowest BCUT2D eigenvalue weighted by Gasteiger charge is -2.09. The zero-order valence-corrected chi connectivity index (χ0v) is 11.4. The van der Waals surface area contributed by atoms with Crippen LogP contribution in [0.2, 0.25) is 0 Å². The first-order valence-electron chi connectivity index (χ1n) is 6.49. The summed E-state index contributed by atoms with van der Waals surface area (Å²) in [7, 11) is 0. The zero-order chi connectivity index (χ0) is 14.8. The van der Waals surface area contributed by atoms with Crippen LogP contribution in [0.3, 0.4) is 0 Å². The third-order valence-corrected chi connectivity index (χ3v) is 3.24. The van der Waals surface area contributed by atoms with Gasteiger partial charge in [0.1, 0.15) is 0 Å². The normalized spacial score (nSPS) is 10.5. The van der Waals surface area contributed by atoms with E-state index < -0.39 is 0 Å². The average Bonchev–Trinajstić information content (AvgIpc) is 2.94. The van der Waals surface area contributed by atoms with Gasteiger partial charge in [0.15, 0.2) is 5.78 Å². The Kier molecular flexibility index (Phi) is 3.23. The molecule has 0 aliphatic heterocycles. The van der Waals surface area contributed by atoms with Crippen molar-refractivity contribution in [1.29, 1.82) is 0 Å². The number of ketones is 1. The first-order chi connectivity index (χ1) is 10.1. The number of anilines is 1. The van der Waals surface area contributed by atoms with E-state index in [0.29, 0.717) is 16.8 Å². The fourth-order valence-corrected chi connectivity index (χ4v) is 2.17. The van der Waals surface area contributed by atoms with Crippen LogP contribution in [-0.4, -0.2) is 21.7 Å². The number of hydrogen-bond acceptors (Lipinski definition) is 3. The van der Waals surface area contributed by atoms with Crippen molar-refractivity contribution in [3.8, 4) is 0 Å². The minimum Gasteiger partial charge on any atom is -0.345 e. The van der Waals surface area contributed by atoms with Gasteiger partial charge in [-0.1, -0.05) is 12.1 Å². The monoisotopic (exact) mass is 279 g/mol. The lowest BCUT2D eigenvalue weighted by Crippen LogP contribution is -2.14. The summed E-state index contributed by atoms with van der Waals surface area (Å²) in [6, 6.07) is 12.2. The highest BCUT2D eigenvalue weighted by molar-refractivity contribution is 6.09. The van der Waals surface area contributed by atoms with E-state index in [1.54, 1.807) is 48.8 Å². The van der Waals surface area contributed by atoms with Gasteiger partial charge >= 0.3 is 0 Å². The fourth-order valence-electron chi connectivity index (χ4n) is 2.17. The molecule has 21 heavy (non-hydrogen) atoms. The second-order valence-electron chi connectivity index (χ2n) is 4.69. The summed E-state index contributed by atoms with van der Waals surface area (Å²) in [5, 5.41) is 2.77. The summed E-state index contributed by atoms with van der Waals surface area (Å²) in [4.78, 5) is 30.9. The van der Waals surface area contributed by atoms with Gasteiger partial charge in [0, 0.05) is 11.1 Å². The van der Waals surface area contributed by atoms with E-state index in [-0.39, 0.29) is 11.7 Å². The van der Waals surface area contributed by atoms with Gasteiger partial charge in [0.05, 0.1) is 23.0 Å². The Morgan fingerprint density at radius 1 is 1.14 bits per heavy atom. The Morgan fingerprint density at radius 3 is 2.76 bits per heavy atom. The van der Waals surface area contributed by atoms with Gasteiger partial charge in [-0.2, -0.15) is 0 Å². The Morgan fingerprint density at radius 2 is 1.95 bits per heavy atom. The second kappa shape index (κ2) is 5.20. The highest BCUT2D eigenvalue weighted by Gasteiger charge is 2.12. The maximum absolute atomic E-state index is 12.3. The van der Waals surface area contributed by atoms with E-state index in [1.165, 1.54) is 6.92 Å². The molecule has 1 amide bonds. The number of fused-ring (bicyclic) bond motifs is 1. The molecule has 3 aromatic rings. The minimum atomic E-state index is -0.264. The molecule has 0 unspecified atom stereocenters. The third kappa shape index (κ3) is 2.53. The van der Waals surface area contributed by atoms with Crippen LogP contribution >= 0.6 is 0 Å². The van der Waals surface area contributed by atoms with Crippen LogP contribution in [0.4, 0.5) is 5.69 Å². The topological polar surface area (TPSA) is 74.8 Å². The molecule has 0 bridgehead atoms. The van der Waals surface area contributed by atoms with Gasteiger partial charge in [-0.25, -0.2) is 4.98 Å². The molecule has 3 rings (SSSR count). The van der Waals surface area contributed by atoms with Crippen LogP contribution in [0.15, 0.2) is 48.8 Å². The summed E-state index contributed by atoms with van der Waals surface area (Å²) in [5.74, 6) is -0.352. The molecule has 2 aromatic carbocycles. The van der Waals surface area contributed by atoms with Gasteiger partial charge in [0.25, 0.3) is 5.91 Å². The van der Waals surface area contributed by atoms with E-state index >= 15 is 0 Å². The van der Waals surface area contributed by atoms with Crippen molar-refractivity contribution in [3.63, 3.8) is 0 Å². The van der Waals surface area contributed by atoms with Crippen molar-refractivity contribution < 1.29 is 9.59 Å². The van der Waals surface area contributed by atoms with Crippen LogP contribution in [0.1, 0.15) is 27.6 Å². The molecule has 0 radical (unpaired) electrons. The van der Waals surface area contributed by atoms with Gasteiger partial charge in [-0.05, 0) is 37.3 Å². The standard InChI is InChI=1S/C16H13N3O2/c1-10(20)12-4-2-3-5-13(12)19-16(21)11-6-7-14-15(8-11)18-9-17-14/h2-9H,1H3,(H,17,18)(H,19,21).